The number of hydrogen-bond acceptors (Lipinski definition) is 6. The summed E-state index contributed by atoms with van der Waals surface area (Å²) in [5.74, 6) is 1.04. The molecule has 0 saturated carbocycles. The molecule has 0 spiro atoms. The highest BCUT2D eigenvalue weighted by Gasteiger charge is 2.12. The Kier molecular flexibility index (Phi) is 4.67. The number of benzene rings is 1. The highest BCUT2D eigenvalue weighted by atomic mass is 35.5. The van der Waals surface area contributed by atoms with Crippen molar-refractivity contribution in [2.45, 2.75) is 20.8 Å². The molecule has 1 aromatic carbocycles. The Morgan fingerprint density at radius 2 is 1.92 bits per heavy atom. The fraction of sp³-hybridized carbons (Fsp3) is 0.176. The molecule has 0 bridgehead atoms. The molecule has 3 aromatic rings. The van der Waals surface area contributed by atoms with Crippen molar-refractivity contribution in [3.05, 3.63) is 58.1 Å². The van der Waals surface area contributed by atoms with E-state index in [4.69, 9.17) is 16.1 Å². The molecule has 8 heteroatoms. The van der Waals surface area contributed by atoms with Crippen molar-refractivity contribution in [2.75, 3.05) is 10.6 Å². The number of aromatic nitrogens is 3. The molecule has 0 fully saturated rings. The Balaban J connectivity index is 1.81. The van der Waals surface area contributed by atoms with Crippen molar-refractivity contribution < 1.29 is 9.32 Å². The lowest BCUT2D eigenvalue weighted by atomic mass is 10.2. The summed E-state index contributed by atoms with van der Waals surface area (Å²) in [4.78, 5) is 20.9. The van der Waals surface area contributed by atoms with Crippen LogP contribution in [-0.4, -0.2) is 21.0 Å². The molecular weight excluding hydrogens is 342 g/mol. The second-order valence-electron chi connectivity index (χ2n) is 5.58. The molecule has 1 amide bonds. The fourth-order valence-corrected chi connectivity index (χ4v) is 2.33. The van der Waals surface area contributed by atoms with Crippen LogP contribution in [-0.2, 0) is 0 Å². The summed E-state index contributed by atoms with van der Waals surface area (Å²) in [7, 11) is 0. The lowest BCUT2D eigenvalue weighted by Gasteiger charge is -2.08. The third-order valence-electron chi connectivity index (χ3n) is 3.38. The molecule has 2 N–H and O–H groups in total. The monoisotopic (exact) mass is 357 g/mol. The average molecular weight is 358 g/mol. The number of amides is 1. The highest BCUT2D eigenvalue weighted by Crippen LogP contribution is 2.21. The van der Waals surface area contributed by atoms with Gasteiger partial charge in [0.15, 0.2) is 5.82 Å². The van der Waals surface area contributed by atoms with Crippen molar-refractivity contribution in [1.82, 2.24) is 15.1 Å². The van der Waals surface area contributed by atoms with E-state index in [1.54, 1.807) is 38.1 Å². The van der Waals surface area contributed by atoms with E-state index in [9.17, 15) is 4.79 Å². The summed E-state index contributed by atoms with van der Waals surface area (Å²) in [6.45, 7) is 5.45. The van der Waals surface area contributed by atoms with Crippen LogP contribution < -0.4 is 10.6 Å². The Morgan fingerprint density at radius 3 is 2.60 bits per heavy atom. The van der Waals surface area contributed by atoms with E-state index in [2.05, 4.69) is 25.8 Å². The summed E-state index contributed by atoms with van der Waals surface area (Å²) < 4.78 is 4.98. The second kappa shape index (κ2) is 6.90. The smallest absolute Gasteiger partial charge is 0.274 e. The van der Waals surface area contributed by atoms with Gasteiger partial charge in [-0.3, -0.25) is 4.79 Å². The van der Waals surface area contributed by atoms with Crippen molar-refractivity contribution in [1.29, 1.82) is 0 Å². The molecule has 0 radical (unpaired) electrons. The molecule has 0 aliphatic heterocycles. The molecule has 0 saturated heterocycles. The lowest BCUT2D eigenvalue weighted by Crippen LogP contribution is -2.15. The van der Waals surface area contributed by atoms with Crippen LogP contribution in [0.3, 0.4) is 0 Å². The average Bonchev–Trinajstić information content (AvgIpc) is 2.95. The maximum absolute atomic E-state index is 12.5. The third kappa shape index (κ3) is 4.13. The summed E-state index contributed by atoms with van der Waals surface area (Å²) in [6.07, 6.45) is 0. The topological polar surface area (TPSA) is 92.9 Å². The molecule has 0 atom stereocenters. The molecule has 0 aliphatic carbocycles. The Hall–Kier alpha value is -2.93. The van der Waals surface area contributed by atoms with Crippen LogP contribution >= 0.6 is 11.6 Å². The van der Waals surface area contributed by atoms with Gasteiger partial charge in [-0.15, -0.1) is 0 Å². The van der Waals surface area contributed by atoms with Crippen LogP contribution in [0, 0.1) is 20.8 Å². The van der Waals surface area contributed by atoms with Gasteiger partial charge in [-0.1, -0.05) is 22.8 Å². The number of rotatable bonds is 4. The number of nitrogens with one attached hydrogen (secondary N) is 2. The Morgan fingerprint density at radius 1 is 1.12 bits per heavy atom. The van der Waals surface area contributed by atoms with Gasteiger partial charge in [-0.25, -0.2) is 9.97 Å². The maximum Gasteiger partial charge on any atom is 0.274 e. The van der Waals surface area contributed by atoms with E-state index in [1.807, 2.05) is 13.0 Å². The first kappa shape index (κ1) is 16.9. The number of anilines is 3. The van der Waals surface area contributed by atoms with Gasteiger partial charge in [-0.05, 0) is 44.5 Å². The van der Waals surface area contributed by atoms with Gasteiger partial charge in [-0.2, -0.15) is 0 Å². The van der Waals surface area contributed by atoms with Crippen LogP contribution in [0.15, 0.2) is 34.9 Å². The number of hydrogen-bond donors (Lipinski definition) is 2. The fourth-order valence-electron chi connectivity index (χ4n) is 2.15. The SMILES string of the molecule is Cc1cc(C(=O)Nc2ccc(C)c(Cl)c2)nc(Nc2cc(C)on2)n1. The third-order valence-corrected chi connectivity index (χ3v) is 3.79. The van der Waals surface area contributed by atoms with Gasteiger partial charge in [0, 0.05) is 22.5 Å². The highest BCUT2D eigenvalue weighted by molar-refractivity contribution is 6.31. The maximum atomic E-state index is 12.5. The van der Waals surface area contributed by atoms with Gasteiger partial charge in [0.2, 0.25) is 5.95 Å². The molecule has 3 rings (SSSR count). The number of carbonyl (C=O) groups excluding carboxylic acids is 1. The summed E-state index contributed by atoms with van der Waals surface area (Å²) in [5.41, 5.74) is 2.40. The zero-order valence-corrected chi connectivity index (χ0v) is 14.7. The first-order valence-electron chi connectivity index (χ1n) is 7.54. The van der Waals surface area contributed by atoms with E-state index < -0.39 is 0 Å². The second-order valence-corrected chi connectivity index (χ2v) is 5.99. The zero-order valence-electron chi connectivity index (χ0n) is 13.9. The number of nitrogens with zero attached hydrogens (tertiary/aromatic N) is 3. The van der Waals surface area contributed by atoms with Crippen LogP contribution in [0.4, 0.5) is 17.5 Å². The molecule has 128 valence electrons. The largest absolute Gasteiger partial charge is 0.360 e. The normalized spacial score (nSPS) is 10.6. The minimum Gasteiger partial charge on any atom is -0.360 e. The minimum atomic E-state index is -0.357. The molecule has 2 heterocycles. The van der Waals surface area contributed by atoms with Gasteiger partial charge in [0.1, 0.15) is 11.5 Å². The summed E-state index contributed by atoms with van der Waals surface area (Å²) in [5, 5.41) is 10.1. The zero-order chi connectivity index (χ0) is 18.0. The van der Waals surface area contributed by atoms with Gasteiger partial charge < -0.3 is 15.2 Å². The summed E-state index contributed by atoms with van der Waals surface area (Å²) >= 11 is 6.08. The Labute approximate surface area is 149 Å². The predicted octanol–water partition coefficient (Wildman–Crippen LogP) is 4.04. The first-order chi connectivity index (χ1) is 11.9. The van der Waals surface area contributed by atoms with E-state index in [1.165, 1.54) is 0 Å². The molecule has 2 aromatic heterocycles. The van der Waals surface area contributed by atoms with Gasteiger partial charge >= 0.3 is 0 Å². The van der Waals surface area contributed by atoms with E-state index in [-0.39, 0.29) is 17.5 Å². The van der Waals surface area contributed by atoms with Crippen LogP contribution in [0.25, 0.3) is 0 Å². The van der Waals surface area contributed by atoms with Crippen LogP contribution in [0.2, 0.25) is 5.02 Å². The standard InChI is InChI=1S/C17H16ClN5O2/c1-9-4-5-12(8-13(9)18)20-16(24)14-6-10(2)19-17(21-14)22-15-7-11(3)25-23-15/h4-8H,1-3H3,(H,20,24)(H,19,21,22,23). The van der Waals surface area contributed by atoms with Crippen molar-refractivity contribution in [2.24, 2.45) is 0 Å². The van der Waals surface area contributed by atoms with E-state index in [0.29, 0.717) is 28.0 Å². The van der Waals surface area contributed by atoms with E-state index >= 15 is 0 Å². The molecule has 0 aliphatic rings. The summed E-state index contributed by atoms with van der Waals surface area (Å²) in [6, 6.07) is 8.62. The van der Waals surface area contributed by atoms with Crippen LogP contribution in [0.1, 0.15) is 27.5 Å². The predicted molar refractivity (Wildman–Crippen MR) is 95.4 cm³/mol. The van der Waals surface area contributed by atoms with Crippen molar-refractivity contribution in [3.63, 3.8) is 0 Å². The van der Waals surface area contributed by atoms with Gasteiger partial charge in [0.25, 0.3) is 5.91 Å². The quantitative estimate of drug-likeness (QED) is 0.732. The first-order valence-corrected chi connectivity index (χ1v) is 7.92. The number of aryl methyl sites for hydroxylation is 3. The molecule has 25 heavy (non-hydrogen) atoms. The van der Waals surface area contributed by atoms with Crippen LogP contribution in [0.5, 0.6) is 0 Å². The minimum absolute atomic E-state index is 0.229. The molecular formula is C17H16ClN5O2. The molecule has 0 unspecified atom stereocenters. The van der Waals surface area contributed by atoms with Crippen molar-refractivity contribution in [3.8, 4) is 0 Å². The van der Waals surface area contributed by atoms with Crippen molar-refractivity contribution >= 4 is 35.0 Å². The molecule has 7 nitrogen and oxygen atoms in total. The number of carbonyl (C=O) groups is 1. The van der Waals surface area contributed by atoms with E-state index in [0.717, 1.165) is 5.56 Å². The van der Waals surface area contributed by atoms with Gasteiger partial charge in [0.05, 0.1) is 0 Å². The Bertz CT molecular complexity index is 939. The lowest BCUT2D eigenvalue weighted by molar-refractivity contribution is 0.102. The number of halogens is 1.